The lowest BCUT2D eigenvalue weighted by Crippen LogP contribution is -2.25. The highest BCUT2D eigenvalue weighted by atomic mass is 16.6. The minimum atomic E-state index is -0.992. The molecule has 41 heavy (non-hydrogen) atoms. The van der Waals surface area contributed by atoms with Gasteiger partial charge in [-0.25, -0.2) is 0 Å². The van der Waals surface area contributed by atoms with Crippen molar-refractivity contribution in [2.24, 2.45) is 5.92 Å². The summed E-state index contributed by atoms with van der Waals surface area (Å²) in [6.07, 6.45) is 31.7. The molecule has 2 atom stereocenters. The molecule has 0 bridgehead atoms. The molecular formula is C35H60O6. The SMILES string of the molecule is CC(C)CCCCCCCCC(=O)OC[C@H](O)COC(=O)CCC/C=C\C/C=C\C/C=C\C/C=C\CCC[C@@H](C)O. The Kier molecular flexibility index (Phi) is 27.8. The first-order valence-electron chi connectivity index (χ1n) is 16.1. The normalized spacial score (nSPS) is 13.7. The van der Waals surface area contributed by atoms with E-state index in [1.54, 1.807) is 0 Å². The number of unbranched alkanes of at least 4 members (excludes halogenated alkanes) is 7. The van der Waals surface area contributed by atoms with Crippen LogP contribution in [0.25, 0.3) is 0 Å². The maximum Gasteiger partial charge on any atom is 0.305 e. The first-order valence-corrected chi connectivity index (χ1v) is 16.1. The first kappa shape index (κ1) is 38.8. The van der Waals surface area contributed by atoms with Crippen LogP contribution in [0.15, 0.2) is 48.6 Å². The number of aliphatic hydroxyl groups excluding tert-OH is 2. The van der Waals surface area contributed by atoms with E-state index in [9.17, 15) is 19.8 Å². The quantitative estimate of drug-likeness (QED) is 0.0580. The summed E-state index contributed by atoms with van der Waals surface area (Å²) in [6.45, 7) is 6.03. The zero-order valence-electron chi connectivity index (χ0n) is 26.3. The van der Waals surface area contributed by atoms with E-state index in [4.69, 9.17) is 9.47 Å². The van der Waals surface area contributed by atoms with Crippen LogP contribution in [0.5, 0.6) is 0 Å². The van der Waals surface area contributed by atoms with Crippen LogP contribution in [0, 0.1) is 5.92 Å². The van der Waals surface area contributed by atoms with Crippen molar-refractivity contribution in [2.75, 3.05) is 13.2 Å². The Hall–Kier alpha value is -2.18. The highest BCUT2D eigenvalue weighted by Crippen LogP contribution is 2.12. The number of rotatable bonds is 27. The van der Waals surface area contributed by atoms with E-state index in [1.807, 2.05) is 6.92 Å². The van der Waals surface area contributed by atoms with Gasteiger partial charge in [0.1, 0.15) is 19.3 Å². The maximum atomic E-state index is 11.9. The van der Waals surface area contributed by atoms with Gasteiger partial charge < -0.3 is 19.7 Å². The van der Waals surface area contributed by atoms with Gasteiger partial charge >= 0.3 is 11.9 Å². The van der Waals surface area contributed by atoms with E-state index < -0.39 is 6.10 Å². The molecule has 0 aliphatic carbocycles. The number of ether oxygens (including phenoxy) is 2. The Morgan fingerprint density at radius 1 is 0.561 bits per heavy atom. The summed E-state index contributed by atoms with van der Waals surface area (Å²) in [4.78, 5) is 23.7. The molecule has 6 nitrogen and oxygen atoms in total. The van der Waals surface area contributed by atoms with Gasteiger partial charge in [-0.05, 0) is 70.6 Å². The minimum absolute atomic E-state index is 0.143. The van der Waals surface area contributed by atoms with E-state index in [0.717, 1.165) is 70.1 Å². The van der Waals surface area contributed by atoms with Gasteiger partial charge in [0, 0.05) is 12.8 Å². The fraction of sp³-hybridized carbons (Fsp3) is 0.714. The van der Waals surface area contributed by atoms with Crippen LogP contribution in [-0.2, 0) is 19.1 Å². The topological polar surface area (TPSA) is 93.1 Å². The fourth-order valence-corrected chi connectivity index (χ4v) is 4.04. The summed E-state index contributed by atoms with van der Waals surface area (Å²) in [6, 6.07) is 0. The standard InChI is InChI=1S/C35H60O6/c1-31(2)25-21-17-15-16-20-24-28-35(39)41-30-33(37)29-40-34(38)27-23-19-14-12-10-8-6-4-5-7-9-11-13-18-22-26-32(3)36/h5-8,11-14,31-33,36-37H,4,9-10,15-30H2,1-3H3/b7-5-,8-6-,13-11-,14-12-/t32-,33-/m1/s1. The zero-order chi connectivity index (χ0) is 30.4. The number of hydrogen-bond acceptors (Lipinski definition) is 6. The van der Waals surface area contributed by atoms with Crippen LogP contribution in [0.3, 0.4) is 0 Å². The molecule has 6 heteroatoms. The highest BCUT2D eigenvalue weighted by molar-refractivity contribution is 5.69. The Morgan fingerprint density at radius 2 is 1.00 bits per heavy atom. The second-order valence-electron chi connectivity index (χ2n) is 11.3. The number of carbonyl (C=O) groups excluding carboxylic acids is 2. The van der Waals surface area contributed by atoms with Gasteiger partial charge in [0.15, 0.2) is 0 Å². The molecule has 0 aliphatic heterocycles. The van der Waals surface area contributed by atoms with Crippen molar-refractivity contribution in [3.8, 4) is 0 Å². The molecule has 0 spiro atoms. The van der Waals surface area contributed by atoms with Gasteiger partial charge in [0.2, 0.25) is 0 Å². The molecule has 2 N–H and O–H groups in total. The molecule has 0 saturated heterocycles. The second kappa shape index (κ2) is 29.3. The van der Waals surface area contributed by atoms with Crippen LogP contribution in [0.2, 0.25) is 0 Å². The summed E-state index contributed by atoms with van der Waals surface area (Å²) in [5.74, 6) is 0.113. The van der Waals surface area contributed by atoms with Crippen LogP contribution in [0.4, 0.5) is 0 Å². The summed E-state index contributed by atoms with van der Waals surface area (Å²) in [7, 11) is 0. The van der Waals surface area contributed by atoms with Crippen LogP contribution in [0.1, 0.15) is 130 Å². The zero-order valence-corrected chi connectivity index (χ0v) is 26.3. The number of allylic oxidation sites excluding steroid dienone is 8. The lowest BCUT2D eigenvalue weighted by Gasteiger charge is -2.12. The van der Waals surface area contributed by atoms with Gasteiger partial charge in [-0.2, -0.15) is 0 Å². The summed E-state index contributed by atoms with van der Waals surface area (Å²) >= 11 is 0. The lowest BCUT2D eigenvalue weighted by molar-refractivity contribution is -0.152. The first-order chi connectivity index (χ1) is 19.8. The van der Waals surface area contributed by atoms with Gasteiger partial charge in [0.25, 0.3) is 0 Å². The predicted molar refractivity (Wildman–Crippen MR) is 169 cm³/mol. The Morgan fingerprint density at radius 3 is 1.51 bits per heavy atom. The number of hydrogen-bond donors (Lipinski definition) is 2. The molecule has 0 aromatic rings. The minimum Gasteiger partial charge on any atom is -0.463 e. The van der Waals surface area contributed by atoms with Crippen LogP contribution >= 0.6 is 0 Å². The third-order valence-corrected chi connectivity index (χ3v) is 6.51. The van der Waals surface area contributed by atoms with Crippen molar-refractivity contribution in [2.45, 2.75) is 142 Å². The second-order valence-corrected chi connectivity index (χ2v) is 11.3. The third-order valence-electron chi connectivity index (χ3n) is 6.51. The third kappa shape index (κ3) is 32.2. The van der Waals surface area contributed by atoms with Crippen LogP contribution in [-0.4, -0.2) is 47.6 Å². The molecular weight excluding hydrogens is 516 g/mol. The van der Waals surface area contributed by atoms with Crippen molar-refractivity contribution in [1.29, 1.82) is 0 Å². The lowest BCUT2D eigenvalue weighted by atomic mass is 10.0. The molecule has 0 aromatic heterocycles. The summed E-state index contributed by atoms with van der Waals surface area (Å²) in [5.41, 5.74) is 0. The van der Waals surface area contributed by atoms with E-state index in [1.165, 1.54) is 25.7 Å². The fourth-order valence-electron chi connectivity index (χ4n) is 4.04. The molecule has 0 amide bonds. The monoisotopic (exact) mass is 576 g/mol. The van der Waals surface area contributed by atoms with E-state index in [2.05, 4.69) is 62.5 Å². The summed E-state index contributed by atoms with van der Waals surface area (Å²) < 4.78 is 10.2. The summed E-state index contributed by atoms with van der Waals surface area (Å²) in [5, 5.41) is 19.1. The highest BCUT2D eigenvalue weighted by Gasteiger charge is 2.12. The van der Waals surface area contributed by atoms with Crippen molar-refractivity contribution in [3.63, 3.8) is 0 Å². The Balaban J connectivity index is 3.61. The predicted octanol–water partition coefficient (Wildman–Crippen LogP) is 8.33. The van der Waals surface area contributed by atoms with Gasteiger partial charge in [-0.1, -0.05) is 101 Å². The average molecular weight is 577 g/mol. The molecule has 0 radical (unpaired) electrons. The average Bonchev–Trinajstić information content (AvgIpc) is 2.93. The van der Waals surface area contributed by atoms with E-state index in [0.29, 0.717) is 19.3 Å². The molecule has 0 aromatic carbocycles. The van der Waals surface area contributed by atoms with Gasteiger partial charge in [0.05, 0.1) is 6.10 Å². The number of carbonyl (C=O) groups is 2. The van der Waals surface area contributed by atoms with Crippen molar-refractivity contribution in [3.05, 3.63) is 48.6 Å². The maximum absolute atomic E-state index is 11.9. The van der Waals surface area contributed by atoms with Crippen molar-refractivity contribution >= 4 is 11.9 Å². The molecule has 0 saturated carbocycles. The number of aliphatic hydroxyl groups is 2. The smallest absolute Gasteiger partial charge is 0.305 e. The largest absolute Gasteiger partial charge is 0.463 e. The van der Waals surface area contributed by atoms with Gasteiger partial charge in [-0.15, -0.1) is 0 Å². The molecule has 0 unspecified atom stereocenters. The van der Waals surface area contributed by atoms with E-state index >= 15 is 0 Å². The van der Waals surface area contributed by atoms with Crippen LogP contribution < -0.4 is 0 Å². The molecule has 0 heterocycles. The van der Waals surface area contributed by atoms with Gasteiger partial charge in [-0.3, -0.25) is 9.59 Å². The molecule has 236 valence electrons. The molecule has 0 aliphatic rings. The Labute approximate surface area is 251 Å². The Bertz CT molecular complexity index is 735. The number of esters is 2. The van der Waals surface area contributed by atoms with Crippen molar-refractivity contribution in [1.82, 2.24) is 0 Å². The van der Waals surface area contributed by atoms with E-state index in [-0.39, 0.29) is 31.3 Å². The molecule has 0 rings (SSSR count). The van der Waals surface area contributed by atoms with Crippen molar-refractivity contribution < 1.29 is 29.3 Å². The molecule has 0 fully saturated rings.